The molecular weight excluding hydrogens is 283 g/mol. The Morgan fingerprint density at radius 1 is 1.43 bits per heavy atom. The number of amides is 1. The molecule has 0 bridgehead atoms. The second-order valence-corrected chi connectivity index (χ2v) is 5.41. The molecule has 1 aliphatic rings. The Bertz CT molecular complexity index is 536. The molecule has 1 aliphatic heterocycles. The number of hydrogen-bond donors (Lipinski definition) is 2. The van der Waals surface area contributed by atoms with Crippen molar-refractivity contribution in [2.45, 2.75) is 19.4 Å². The molecule has 0 spiro atoms. The van der Waals surface area contributed by atoms with Crippen molar-refractivity contribution in [3.63, 3.8) is 0 Å². The third-order valence-electron chi connectivity index (χ3n) is 3.73. The summed E-state index contributed by atoms with van der Waals surface area (Å²) in [6.45, 7) is 3.43. The Hall–Kier alpha value is -1.60. The first-order valence-electron chi connectivity index (χ1n) is 6.79. The minimum Gasteiger partial charge on any atom is -0.328 e. The van der Waals surface area contributed by atoms with E-state index in [-0.39, 0.29) is 18.3 Å². The second kappa shape index (κ2) is 6.44. The molecule has 1 aromatic rings. The quantitative estimate of drug-likeness (QED) is 0.832. The lowest BCUT2D eigenvalue weighted by Crippen LogP contribution is -2.34. The molecule has 2 atom stereocenters. The Kier molecular flexibility index (Phi) is 4.84. The lowest BCUT2D eigenvalue weighted by Gasteiger charge is -2.17. The first kappa shape index (κ1) is 15.8. The molecule has 0 radical (unpaired) electrons. The molecule has 1 aromatic carbocycles. The van der Waals surface area contributed by atoms with Crippen LogP contribution in [-0.4, -0.2) is 36.5 Å². The summed E-state index contributed by atoms with van der Waals surface area (Å²) in [5.41, 5.74) is 5.45. The van der Waals surface area contributed by atoms with E-state index in [1.165, 1.54) is 0 Å². The SMILES string of the molecule is CC(N)C1CCN(CC(=O)Nc2ccc(F)c(F)c2F)C1. The number of carbonyl (C=O) groups excluding carboxylic acids is 1. The number of nitrogens with zero attached hydrogens (tertiary/aromatic N) is 1. The molecule has 1 heterocycles. The van der Waals surface area contributed by atoms with Crippen LogP contribution in [0.15, 0.2) is 12.1 Å². The third-order valence-corrected chi connectivity index (χ3v) is 3.73. The van der Waals surface area contributed by atoms with Crippen molar-refractivity contribution < 1.29 is 18.0 Å². The topological polar surface area (TPSA) is 58.4 Å². The van der Waals surface area contributed by atoms with Gasteiger partial charge in [-0.15, -0.1) is 0 Å². The van der Waals surface area contributed by atoms with Crippen LogP contribution in [0.2, 0.25) is 0 Å². The maximum absolute atomic E-state index is 13.4. The summed E-state index contributed by atoms with van der Waals surface area (Å²) in [6.07, 6.45) is 0.907. The summed E-state index contributed by atoms with van der Waals surface area (Å²) < 4.78 is 39.3. The Labute approximate surface area is 121 Å². The van der Waals surface area contributed by atoms with Crippen LogP contribution in [0.4, 0.5) is 18.9 Å². The molecule has 1 amide bonds. The van der Waals surface area contributed by atoms with Gasteiger partial charge in [0.05, 0.1) is 12.2 Å². The molecule has 0 aliphatic carbocycles. The largest absolute Gasteiger partial charge is 0.328 e. The number of anilines is 1. The fourth-order valence-electron chi connectivity index (χ4n) is 2.45. The van der Waals surface area contributed by atoms with Crippen molar-refractivity contribution >= 4 is 11.6 Å². The van der Waals surface area contributed by atoms with Gasteiger partial charge in [0, 0.05) is 12.6 Å². The number of nitrogens with one attached hydrogen (secondary N) is 1. The summed E-state index contributed by atoms with van der Waals surface area (Å²) in [6, 6.07) is 1.83. The van der Waals surface area contributed by atoms with Crippen LogP contribution in [0.3, 0.4) is 0 Å². The van der Waals surface area contributed by atoms with Gasteiger partial charge in [0.25, 0.3) is 0 Å². The van der Waals surface area contributed by atoms with E-state index in [1.807, 2.05) is 11.8 Å². The van der Waals surface area contributed by atoms with Gasteiger partial charge in [0.2, 0.25) is 5.91 Å². The fourth-order valence-corrected chi connectivity index (χ4v) is 2.45. The number of likely N-dealkylation sites (tertiary alicyclic amines) is 1. The maximum atomic E-state index is 13.4. The highest BCUT2D eigenvalue weighted by atomic mass is 19.2. The van der Waals surface area contributed by atoms with Crippen molar-refractivity contribution in [2.24, 2.45) is 11.7 Å². The van der Waals surface area contributed by atoms with Gasteiger partial charge in [0.15, 0.2) is 17.5 Å². The van der Waals surface area contributed by atoms with Crippen LogP contribution in [-0.2, 0) is 4.79 Å². The summed E-state index contributed by atoms with van der Waals surface area (Å²) in [5.74, 6) is -4.41. The van der Waals surface area contributed by atoms with Gasteiger partial charge in [-0.05, 0) is 37.9 Å². The van der Waals surface area contributed by atoms with E-state index < -0.39 is 23.4 Å². The van der Waals surface area contributed by atoms with Crippen LogP contribution < -0.4 is 11.1 Å². The van der Waals surface area contributed by atoms with Gasteiger partial charge in [-0.25, -0.2) is 13.2 Å². The first-order chi connectivity index (χ1) is 9.88. The van der Waals surface area contributed by atoms with Gasteiger partial charge in [0.1, 0.15) is 0 Å². The number of rotatable bonds is 4. The van der Waals surface area contributed by atoms with Crippen molar-refractivity contribution in [1.82, 2.24) is 4.90 Å². The molecule has 2 rings (SSSR count). The predicted octanol–water partition coefficient (Wildman–Crippen LogP) is 1.71. The van der Waals surface area contributed by atoms with E-state index in [0.29, 0.717) is 12.5 Å². The highest BCUT2D eigenvalue weighted by Gasteiger charge is 2.26. The van der Waals surface area contributed by atoms with Gasteiger partial charge in [-0.2, -0.15) is 0 Å². The van der Waals surface area contributed by atoms with Crippen LogP contribution in [0, 0.1) is 23.4 Å². The molecule has 0 aromatic heterocycles. The van der Waals surface area contributed by atoms with Gasteiger partial charge < -0.3 is 11.1 Å². The Balaban J connectivity index is 1.93. The molecule has 7 heteroatoms. The molecule has 3 N–H and O–H groups in total. The van der Waals surface area contributed by atoms with Crippen LogP contribution in [0.1, 0.15) is 13.3 Å². The molecule has 21 heavy (non-hydrogen) atoms. The number of benzene rings is 1. The standard InChI is InChI=1S/C14H18F3N3O/c1-8(18)9-4-5-20(6-9)7-12(21)19-11-3-2-10(15)13(16)14(11)17/h2-3,8-9H,4-7,18H2,1H3,(H,19,21). The average molecular weight is 301 g/mol. The maximum Gasteiger partial charge on any atom is 0.238 e. The molecular formula is C14H18F3N3O. The fraction of sp³-hybridized carbons (Fsp3) is 0.500. The van der Waals surface area contributed by atoms with Crippen molar-refractivity contribution in [2.75, 3.05) is 25.0 Å². The van der Waals surface area contributed by atoms with Crippen molar-refractivity contribution in [3.8, 4) is 0 Å². The summed E-state index contributed by atoms with van der Waals surface area (Å²) in [5, 5.41) is 2.26. The molecule has 2 unspecified atom stereocenters. The van der Waals surface area contributed by atoms with E-state index in [0.717, 1.165) is 25.1 Å². The highest BCUT2D eigenvalue weighted by molar-refractivity contribution is 5.92. The van der Waals surface area contributed by atoms with Crippen molar-refractivity contribution in [1.29, 1.82) is 0 Å². The van der Waals surface area contributed by atoms with E-state index in [1.54, 1.807) is 0 Å². The zero-order valence-electron chi connectivity index (χ0n) is 11.7. The molecule has 1 fully saturated rings. The number of nitrogens with two attached hydrogens (primary N) is 1. The van der Waals surface area contributed by atoms with Crippen LogP contribution >= 0.6 is 0 Å². The third kappa shape index (κ3) is 3.74. The zero-order chi connectivity index (χ0) is 15.6. The molecule has 4 nitrogen and oxygen atoms in total. The summed E-state index contributed by atoms with van der Waals surface area (Å²) in [4.78, 5) is 13.7. The van der Waals surface area contributed by atoms with Crippen molar-refractivity contribution in [3.05, 3.63) is 29.6 Å². The van der Waals surface area contributed by atoms with Gasteiger partial charge >= 0.3 is 0 Å². The second-order valence-electron chi connectivity index (χ2n) is 5.41. The first-order valence-corrected chi connectivity index (χ1v) is 6.79. The van der Waals surface area contributed by atoms with Crippen LogP contribution in [0.25, 0.3) is 0 Å². The zero-order valence-corrected chi connectivity index (χ0v) is 11.7. The molecule has 0 saturated carbocycles. The minimum atomic E-state index is -1.59. The monoisotopic (exact) mass is 301 g/mol. The summed E-state index contributed by atoms with van der Waals surface area (Å²) in [7, 11) is 0. The number of halogens is 3. The van der Waals surface area contributed by atoms with E-state index in [9.17, 15) is 18.0 Å². The normalized spacial score (nSPS) is 20.5. The van der Waals surface area contributed by atoms with Gasteiger partial charge in [-0.1, -0.05) is 0 Å². The van der Waals surface area contributed by atoms with E-state index in [4.69, 9.17) is 5.73 Å². The Morgan fingerprint density at radius 2 is 2.14 bits per heavy atom. The molecule has 1 saturated heterocycles. The lowest BCUT2D eigenvalue weighted by atomic mass is 10.0. The predicted molar refractivity (Wildman–Crippen MR) is 73.1 cm³/mol. The lowest BCUT2D eigenvalue weighted by molar-refractivity contribution is -0.117. The number of carbonyl (C=O) groups is 1. The van der Waals surface area contributed by atoms with Gasteiger partial charge in [-0.3, -0.25) is 9.69 Å². The Morgan fingerprint density at radius 3 is 2.76 bits per heavy atom. The summed E-state index contributed by atoms with van der Waals surface area (Å²) >= 11 is 0. The highest BCUT2D eigenvalue weighted by Crippen LogP contribution is 2.21. The number of hydrogen-bond acceptors (Lipinski definition) is 3. The average Bonchev–Trinajstić information content (AvgIpc) is 2.88. The molecule has 116 valence electrons. The van der Waals surface area contributed by atoms with E-state index in [2.05, 4.69) is 5.32 Å². The van der Waals surface area contributed by atoms with Crippen LogP contribution in [0.5, 0.6) is 0 Å². The minimum absolute atomic E-state index is 0.0571. The smallest absolute Gasteiger partial charge is 0.238 e. The van der Waals surface area contributed by atoms with E-state index >= 15 is 0 Å².